The van der Waals surface area contributed by atoms with Crippen molar-refractivity contribution in [3.05, 3.63) is 0 Å². The van der Waals surface area contributed by atoms with E-state index >= 15 is 0 Å². The maximum absolute atomic E-state index is 11.6. The van der Waals surface area contributed by atoms with Crippen LogP contribution in [0.3, 0.4) is 0 Å². The van der Waals surface area contributed by atoms with E-state index in [-0.39, 0.29) is 0 Å². The lowest BCUT2D eigenvalue weighted by atomic mass is 10.1. The van der Waals surface area contributed by atoms with Crippen molar-refractivity contribution >= 4 is 5.78 Å². The molecule has 3 heteroatoms. The van der Waals surface area contributed by atoms with Crippen molar-refractivity contribution in [3.63, 3.8) is 0 Å². The molecule has 0 aromatic rings. The highest BCUT2D eigenvalue weighted by Gasteiger charge is 2.32. The van der Waals surface area contributed by atoms with Gasteiger partial charge in [0.25, 0.3) is 0 Å². The van der Waals surface area contributed by atoms with E-state index in [1.165, 1.54) is 0 Å². The van der Waals surface area contributed by atoms with Crippen LogP contribution in [0.5, 0.6) is 0 Å². The lowest BCUT2D eigenvalue weighted by Crippen LogP contribution is -2.51. The van der Waals surface area contributed by atoms with Crippen LogP contribution in [0.25, 0.3) is 0 Å². The van der Waals surface area contributed by atoms with Gasteiger partial charge in [-0.05, 0) is 26.8 Å². The van der Waals surface area contributed by atoms with Gasteiger partial charge in [-0.3, -0.25) is 9.69 Å². The average Bonchev–Trinajstić information content (AvgIpc) is 2.92. The molecule has 1 saturated carbocycles. The Morgan fingerprint density at radius 1 is 1.36 bits per heavy atom. The zero-order valence-corrected chi connectivity index (χ0v) is 9.20. The van der Waals surface area contributed by atoms with Gasteiger partial charge in [-0.1, -0.05) is 0 Å². The first-order chi connectivity index (χ1) is 6.66. The van der Waals surface area contributed by atoms with E-state index in [0.29, 0.717) is 24.3 Å². The van der Waals surface area contributed by atoms with Crippen molar-refractivity contribution in [1.29, 1.82) is 0 Å². The lowest BCUT2D eigenvalue weighted by Gasteiger charge is -2.37. The number of Topliss-reactive ketones (excluding diaryl/α,β-unsaturated/α-hetero) is 1. The Hall–Kier alpha value is -0.410. The van der Waals surface area contributed by atoms with Gasteiger partial charge in [-0.15, -0.1) is 0 Å². The van der Waals surface area contributed by atoms with Crippen molar-refractivity contribution < 1.29 is 4.79 Å². The topological polar surface area (TPSA) is 23.6 Å². The highest BCUT2D eigenvalue weighted by Crippen LogP contribution is 2.30. The molecular formula is C11H20N2O. The maximum Gasteiger partial charge on any atom is 0.149 e. The number of nitrogens with zero attached hydrogens (tertiary/aromatic N) is 2. The molecule has 1 aliphatic heterocycles. The van der Waals surface area contributed by atoms with E-state index < -0.39 is 0 Å². The van der Waals surface area contributed by atoms with E-state index in [1.807, 2.05) is 0 Å². The largest absolute Gasteiger partial charge is 0.304 e. The van der Waals surface area contributed by atoms with Gasteiger partial charge in [-0.2, -0.15) is 0 Å². The molecule has 0 bridgehead atoms. The first-order valence-electron chi connectivity index (χ1n) is 5.62. The third kappa shape index (κ3) is 2.34. The minimum atomic E-state index is 0.418. The number of ketones is 1. The standard InChI is InChI=1S/C11H20N2O/c1-9-7-12(2)5-6-13(9)8-11(14)10-3-4-10/h9-10H,3-8H2,1-2H3. The van der Waals surface area contributed by atoms with Gasteiger partial charge >= 0.3 is 0 Å². The minimum Gasteiger partial charge on any atom is -0.304 e. The summed E-state index contributed by atoms with van der Waals surface area (Å²) in [6, 6.07) is 0.538. The zero-order chi connectivity index (χ0) is 10.1. The minimum absolute atomic E-state index is 0.418. The molecule has 80 valence electrons. The molecule has 2 aliphatic rings. The van der Waals surface area contributed by atoms with Crippen LogP contribution in [0.1, 0.15) is 19.8 Å². The lowest BCUT2D eigenvalue weighted by molar-refractivity contribution is -0.122. The molecule has 0 amide bonds. The summed E-state index contributed by atoms with van der Waals surface area (Å²) in [7, 11) is 2.15. The summed E-state index contributed by atoms with van der Waals surface area (Å²) in [4.78, 5) is 16.3. The van der Waals surface area contributed by atoms with Gasteiger partial charge < -0.3 is 4.90 Å². The predicted octanol–water partition coefficient (Wildman–Crippen LogP) is 0.601. The van der Waals surface area contributed by atoms with Gasteiger partial charge in [0.2, 0.25) is 0 Å². The fourth-order valence-corrected chi connectivity index (χ4v) is 2.15. The smallest absolute Gasteiger partial charge is 0.149 e. The van der Waals surface area contributed by atoms with Gasteiger partial charge in [-0.25, -0.2) is 0 Å². The number of hydrogen-bond donors (Lipinski definition) is 0. The molecule has 1 unspecified atom stereocenters. The molecule has 0 N–H and O–H groups in total. The molecule has 2 rings (SSSR count). The summed E-state index contributed by atoms with van der Waals surface area (Å²) in [5.41, 5.74) is 0. The van der Waals surface area contributed by atoms with Crippen molar-refractivity contribution in [2.45, 2.75) is 25.8 Å². The number of carbonyl (C=O) groups is 1. The maximum atomic E-state index is 11.6. The Bertz CT molecular complexity index is 225. The molecular weight excluding hydrogens is 176 g/mol. The second-order valence-corrected chi connectivity index (χ2v) is 4.82. The number of likely N-dealkylation sites (N-methyl/N-ethyl adjacent to an activating group) is 1. The highest BCUT2D eigenvalue weighted by molar-refractivity contribution is 5.85. The van der Waals surface area contributed by atoms with E-state index in [4.69, 9.17) is 0 Å². The van der Waals surface area contributed by atoms with Crippen LogP contribution in [-0.4, -0.2) is 54.9 Å². The molecule has 1 heterocycles. The van der Waals surface area contributed by atoms with Crippen LogP contribution in [0, 0.1) is 5.92 Å². The first-order valence-corrected chi connectivity index (χ1v) is 5.62. The molecule has 3 nitrogen and oxygen atoms in total. The third-order valence-electron chi connectivity index (χ3n) is 3.36. The second-order valence-electron chi connectivity index (χ2n) is 4.82. The molecule has 0 aromatic carbocycles. The summed E-state index contributed by atoms with van der Waals surface area (Å²) < 4.78 is 0. The fourth-order valence-electron chi connectivity index (χ4n) is 2.15. The Morgan fingerprint density at radius 3 is 2.64 bits per heavy atom. The summed E-state index contributed by atoms with van der Waals surface area (Å²) >= 11 is 0. The molecule has 14 heavy (non-hydrogen) atoms. The quantitative estimate of drug-likeness (QED) is 0.660. The summed E-state index contributed by atoms with van der Waals surface area (Å²) in [5.74, 6) is 0.892. The molecule has 2 fully saturated rings. The Balaban J connectivity index is 1.81. The number of rotatable bonds is 3. The number of piperazine rings is 1. The monoisotopic (exact) mass is 196 g/mol. The van der Waals surface area contributed by atoms with E-state index in [9.17, 15) is 4.79 Å². The van der Waals surface area contributed by atoms with Crippen molar-refractivity contribution in [2.75, 3.05) is 33.2 Å². The van der Waals surface area contributed by atoms with Crippen molar-refractivity contribution in [2.24, 2.45) is 5.92 Å². The van der Waals surface area contributed by atoms with Crippen LogP contribution < -0.4 is 0 Å². The van der Waals surface area contributed by atoms with Crippen molar-refractivity contribution in [1.82, 2.24) is 9.80 Å². The Morgan fingerprint density at radius 2 is 2.07 bits per heavy atom. The summed E-state index contributed by atoms with van der Waals surface area (Å²) in [6.45, 7) is 6.16. The fraction of sp³-hybridized carbons (Fsp3) is 0.909. The molecule has 1 aliphatic carbocycles. The van der Waals surface area contributed by atoms with Gasteiger partial charge in [0.15, 0.2) is 0 Å². The summed E-state index contributed by atoms with van der Waals surface area (Å²) in [6.07, 6.45) is 2.28. The van der Waals surface area contributed by atoms with E-state index in [2.05, 4.69) is 23.8 Å². The third-order valence-corrected chi connectivity index (χ3v) is 3.36. The van der Waals surface area contributed by atoms with Crippen LogP contribution in [0.15, 0.2) is 0 Å². The van der Waals surface area contributed by atoms with Crippen LogP contribution in [0.2, 0.25) is 0 Å². The van der Waals surface area contributed by atoms with Gasteiger partial charge in [0.05, 0.1) is 6.54 Å². The number of hydrogen-bond acceptors (Lipinski definition) is 3. The van der Waals surface area contributed by atoms with Crippen molar-refractivity contribution in [3.8, 4) is 0 Å². The average molecular weight is 196 g/mol. The normalized spacial score (nSPS) is 30.6. The number of carbonyl (C=O) groups excluding carboxylic acids is 1. The van der Waals surface area contributed by atoms with Gasteiger partial charge in [0, 0.05) is 31.6 Å². The molecule has 0 aromatic heterocycles. The molecule has 1 saturated heterocycles. The van der Waals surface area contributed by atoms with Crippen LogP contribution in [0.4, 0.5) is 0 Å². The molecule has 1 atom stereocenters. The Labute approximate surface area is 86.1 Å². The first kappa shape index (κ1) is 10.1. The Kier molecular flexibility index (Phi) is 2.88. The van der Waals surface area contributed by atoms with E-state index in [1.54, 1.807) is 0 Å². The summed E-state index contributed by atoms with van der Waals surface area (Å²) in [5, 5.41) is 0. The SMILES string of the molecule is CC1CN(C)CCN1CC(=O)C1CC1. The predicted molar refractivity (Wildman–Crippen MR) is 56.3 cm³/mol. The molecule has 0 spiro atoms. The van der Waals surface area contributed by atoms with Gasteiger partial charge in [0.1, 0.15) is 5.78 Å². The zero-order valence-electron chi connectivity index (χ0n) is 9.20. The van der Waals surface area contributed by atoms with Crippen LogP contribution in [-0.2, 0) is 4.79 Å². The highest BCUT2D eigenvalue weighted by atomic mass is 16.1. The second kappa shape index (κ2) is 3.99. The van der Waals surface area contributed by atoms with Crippen LogP contribution >= 0.6 is 0 Å². The molecule has 0 radical (unpaired) electrons. The van der Waals surface area contributed by atoms with E-state index in [0.717, 1.165) is 32.5 Å².